The fourth-order valence-corrected chi connectivity index (χ4v) is 5.11. The second-order valence-corrected chi connectivity index (χ2v) is 10.5. The van der Waals surface area contributed by atoms with E-state index in [-0.39, 0.29) is 29.1 Å². The van der Waals surface area contributed by atoms with Crippen LogP contribution in [0.15, 0.2) is 41.8 Å². The topological polar surface area (TPSA) is 131 Å². The van der Waals surface area contributed by atoms with Crippen molar-refractivity contribution in [1.82, 2.24) is 30.6 Å². The number of hydrogen-bond acceptors (Lipinski definition) is 9. The zero-order valence-corrected chi connectivity index (χ0v) is 21.4. The highest BCUT2D eigenvalue weighted by molar-refractivity contribution is 7.84. The summed E-state index contributed by atoms with van der Waals surface area (Å²) in [5.74, 6) is 2.38. The van der Waals surface area contributed by atoms with Gasteiger partial charge in [-0.25, -0.2) is 19.9 Å². The maximum atomic E-state index is 13.1. The van der Waals surface area contributed by atoms with E-state index in [2.05, 4.69) is 35.9 Å². The Labute approximate surface area is 216 Å². The van der Waals surface area contributed by atoms with Crippen LogP contribution in [-0.2, 0) is 23.9 Å². The first-order chi connectivity index (χ1) is 17.4. The smallest absolute Gasteiger partial charge is 0.256 e. The zero-order chi connectivity index (χ0) is 25.2. The van der Waals surface area contributed by atoms with Crippen LogP contribution in [0.1, 0.15) is 39.9 Å². The van der Waals surface area contributed by atoms with Crippen LogP contribution < -0.4 is 20.7 Å². The fraction of sp³-hybridized carbons (Fsp3) is 0.375. The predicted molar refractivity (Wildman–Crippen MR) is 135 cm³/mol. The average Bonchev–Trinajstić information content (AvgIpc) is 3.54. The fourth-order valence-electron chi connectivity index (χ4n) is 4.41. The Balaban J connectivity index is 1.29. The molecule has 0 bridgehead atoms. The molecule has 1 aliphatic heterocycles. The molecule has 1 saturated heterocycles. The van der Waals surface area contributed by atoms with E-state index in [9.17, 15) is 9.00 Å². The molecule has 5 rings (SSSR count). The first-order valence-electron chi connectivity index (χ1n) is 11.5. The maximum absolute atomic E-state index is 13.1. The first-order valence-corrected chi connectivity index (χ1v) is 13.5. The van der Waals surface area contributed by atoms with Crippen LogP contribution in [0.5, 0.6) is 5.75 Å². The number of aromatic nitrogens is 4. The Morgan fingerprint density at radius 2 is 2.11 bits per heavy atom. The van der Waals surface area contributed by atoms with Gasteiger partial charge in [0.15, 0.2) is 0 Å². The summed E-state index contributed by atoms with van der Waals surface area (Å²) in [6.07, 6.45) is 5.82. The van der Waals surface area contributed by atoms with Gasteiger partial charge in [0.25, 0.3) is 5.91 Å². The van der Waals surface area contributed by atoms with Crippen molar-refractivity contribution >= 4 is 34.1 Å². The molecule has 36 heavy (non-hydrogen) atoms. The lowest BCUT2D eigenvalue weighted by Gasteiger charge is -2.14. The van der Waals surface area contributed by atoms with Gasteiger partial charge < -0.3 is 20.7 Å². The highest BCUT2D eigenvalue weighted by Gasteiger charge is 2.49. The highest BCUT2D eigenvalue weighted by Crippen LogP contribution is 2.51. The van der Waals surface area contributed by atoms with Crippen molar-refractivity contribution in [2.24, 2.45) is 11.8 Å². The van der Waals surface area contributed by atoms with Crippen LogP contribution in [0.4, 0.5) is 5.82 Å². The molecule has 2 fully saturated rings. The quantitative estimate of drug-likeness (QED) is 0.359. The molecule has 1 aromatic carbocycles. The summed E-state index contributed by atoms with van der Waals surface area (Å²) in [6.45, 7) is 1.52. The van der Waals surface area contributed by atoms with E-state index in [0.29, 0.717) is 29.1 Å². The van der Waals surface area contributed by atoms with Gasteiger partial charge in [-0.05, 0) is 48.6 Å². The summed E-state index contributed by atoms with van der Waals surface area (Å²) in [5, 5.41) is 10.1. The monoisotopic (exact) mass is 527 g/mol. The third kappa shape index (κ3) is 5.32. The van der Waals surface area contributed by atoms with Crippen molar-refractivity contribution in [1.29, 1.82) is 0 Å². The van der Waals surface area contributed by atoms with E-state index >= 15 is 0 Å². The van der Waals surface area contributed by atoms with E-state index in [4.69, 9.17) is 16.3 Å². The molecule has 188 valence electrons. The molecule has 4 atom stereocenters. The molecule has 10 nitrogen and oxygen atoms in total. The van der Waals surface area contributed by atoms with Crippen LogP contribution >= 0.6 is 11.6 Å². The standard InChI is InChI=1S/C24H26ClN7O3S/c1-35-19-4-3-13(7-17(19)25)9-28-22-16(11-30-24(32-22)36(2)34)23(33)29-12-20-26-6-5-18(31-20)21-15-8-14(15)10-27-21/h3-7,11,14-15,21,27H,8-10,12H2,1-2H3,(H,29,33)(H,28,30,32). The van der Waals surface area contributed by atoms with Gasteiger partial charge in [0.2, 0.25) is 5.16 Å². The third-order valence-corrected chi connectivity index (χ3v) is 7.41. The summed E-state index contributed by atoms with van der Waals surface area (Å²) >= 11 is 6.22. The predicted octanol–water partition coefficient (Wildman–Crippen LogP) is 2.49. The largest absolute Gasteiger partial charge is 0.495 e. The number of fused-ring (bicyclic) bond motifs is 1. The molecule has 1 saturated carbocycles. The molecule has 2 aliphatic rings. The second kappa shape index (κ2) is 10.5. The number of nitrogens with zero attached hydrogens (tertiary/aromatic N) is 4. The Morgan fingerprint density at radius 3 is 2.81 bits per heavy atom. The Kier molecular flexibility index (Phi) is 7.13. The number of hydrogen-bond donors (Lipinski definition) is 3. The summed E-state index contributed by atoms with van der Waals surface area (Å²) in [6, 6.07) is 7.56. The number of ether oxygens (including phenoxy) is 1. The molecule has 1 amide bonds. The molecule has 0 radical (unpaired) electrons. The lowest BCUT2D eigenvalue weighted by molar-refractivity contribution is 0.0949. The SMILES string of the molecule is COc1ccc(CNc2nc(S(C)=O)ncc2C(=O)NCc2nccc(C3NCC4CC43)n2)cc1Cl. The number of anilines is 1. The lowest BCUT2D eigenvalue weighted by Crippen LogP contribution is -2.26. The number of halogens is 1. The van der Waals surface area contributed by atoms with Crippen molar-refractivity contribution in [2.45, 2.75) is 30.7 Å². The average molecular weight is 528 g/mol. The molecule has 4 unspecified atom stereocenters. The van der Waals surface area contributed by atoms with Crippen molar-refractivity contribution < 1.29 is 13.7 Å². The van der Waals surface area contributed by atoms with Crippen molar-refractivity contribution in [3.05, 3.63) is 64.3 Å². The van der Waals surface area contributed by atoms with E-state index in [1.54, 1.807) is 25.4 Å². The van der Waals surface area contributed by atoms with Crippen molar-refractivity contribution in [3.8, 4) is 5.75 Å². The summed E-state index contributed by atoms with van der Waals surface area (Å²) < 4.78 is 17.1. The zero-order valence-electron chi connectivity index (χ0n) is 19.8. The van der Waals surface area contributed by atoms with Crippen LogP contribution in [0.3, 0.4) is 0 Å². The molecule has 2 aromatic heterocycles. The van der Waals surface area contributed by atoms with Gasteiger partial charge in [-0.3, -0.25) is 9.00 Å². The minimum absolute atomic E-state index is 0.125. The number of nitrogens with one attached hydrogen (secondary N) is 3. The van der Waals surface area contributed by atoms with Gasteiger partial charge in [-0.1, -0.05) is 17.7 Å². The maximum Gasteiger partial charge on any atom is 0.256 e. The first kappa shape index (κ1) is 24.5. The Morgan fingerprint density at radius 1 is 1.25 bits per heavy atom. The van der Waals surface area contributed by atoms with Crippen molar-refractivity contribution in [2.75, 3.05) is 25.2 Å². The molecule has 0 spiro atoms. The number of amides is 1. The summed E-state index contributed by atoms with van der Waals surface area (Å²) in [4.78, 5) is 30.4. The summed E-state index contributed by atoms with van der Waals surface area (Å²) in [5.41, 5.74) is 2.03. The molecule has 3 heterocycles. The number of benzene rings is 1. The normalized spacial score (nSPS) is 20.9. The van der Waals surface area contributed by atoms with Gasteiger partial charge >= 0.3 is 0 Å². The van der Waals surface area contributed by atoms with Gasteiger partial charge in [0, 0.05) is 25.2 Å². The highest BCUT2D eigenvalue weighted by atomic mass is 35.5. The number of rotatable bonds is 9. The van der Waals surface area contributed by atoms with Gasteiger partial charge in [-0.15, -0.1) is 0 Å². The lowest BCUT2D eigenvalue weighted by atomic mass is 10.1. The number of carbonyl (C=O) groups excluding carboxylic acids is 1. The van der Waals surface area contributed by atoms with Gasteiger partial charge in [-0.2, -0.15) is 0 Å². The molecule has 1 aliphatic carbocycles. The minimum Gasteiger partial charge on any atom is -0.495 e. The van der Waals surface area contributed by atoms with E-state index in [1.807, 2.05) is 12.1 Å². The molecule has 3 N–H and O–H groups in total. The summed E-state index contributed by atoms with van der Waals surface area (Å²) in [7, 11) is 0.137. The second-order valence-electron chi connectivity index (χ2n) is 8.82. The Hall–Kier alpha value is -3.15. The van der Waals surface area contributed by atoms with Crippen LogP contribution in [0.25, 0.3) is 0 Å². The number of methoxy groups -OCH3 is 1. The number of piperidine rings is 1. The van der Waals surface area contributed by atoms with E-state index < -0.39 is 16.7 Å². The van der Waals surface area contributed by atoms with E-state index in [0.717, 1.165) is 23.7 Å². The molecule has 12 heteroatoms. The minimum atomic E-state index is -1.41. The van der Waals surface area contributed by atoms with E-state index in [1.165, 1.54) is 18.9 Å². The van der Waals surface area contributed by atoms with Gasteiger partial charge in [0.1, 0.15) is 23.0 Å². The van der Waals surface area contributed by atoms with Crippen LogP contribution in [0, 0.1) is 11.8 Å². The van der Waals surface area contributed by atoms with Crippen molar-refractivity contribution in [3.63, 3.8) is 0 Å². The molecular formula is C24H26ClN7O3S. The molecule has 3 aromatic rings. The number of carbonyl (C=O) groups is 1. The molecular weight excluding hydrogens is 502 g/mol. The third-order valence-electron chi connectivity index (χ3n) is 6.40. The van der Waals surface area contributed by atoms with Crippen LogP contribution in [0.2, 0.25) is 5.02 Å². The van der Waals surface area contributed by atoms with Crippen LogP contribution in [-0.4, -0.2) is 50.0 Å². The van der Waals surface area contributed by atoms with Gasteiger partial charge in [0.05, 0.1) is 41.2 Å². The Bertz CT molecular complexity index is 1320.